The lowest BCUT2D eigenvalue weighted by molar-refractivity contribution is 0.324. The zero-order chi connectivity index (χ0) is 19.5. The SMILES string of the molecule is COc1cc(-c2nc3c(Cc4ccccc4)cccc3[nH]2)cc(OC)c1OC. The van der Waals surface area contributed by atoms with Crippen LogP contribution in [0.15, 0.2) is 60.7 Å². The van der Waals surface area contributed by atoms with Gasteiger partial charge in [-0.15, -0.1) is 0 Å². The summed E-state index contributed by atoms with van der Waals surface area (Å²) >= 11 is 0. The molecule has 4 aromatic rings. The van der Waals surface area contributed by atoms with Crippen molar-refractivity contribution in [1.29, 1.82) is 0 Å². The first kappa shape index (κ1) is 17.9. The van der Waals surface area contributed by atoms with Crippen LogP contribution < -0.4 is 14.2 Å². The molecule has 0 saturated heterocycles. The highest BCUT2D eigenvalue weighted by molar-refractivity contribution is 5.83. The van der Waals surface area contributed by atoms with E-state index in [0.29, 0.717) is 17.2 Å². The number of aromatic nitrogens is 2. The zero-order valence-electron chi connectivity index (χ0n) is 16.2. The fourth-order valence-electron chi connectivity index (χ4n) is 3.40. The predicted molar refractivity (Wildman–Crippen MR) is 110 cm³/mol. The lowest BCUT2D eigenvalue weighted by Crippen LogP contribution is -1.96. The molecule has 0 bridgehead atoms. The minimum atomic E-state index is 0.564. The third-order valence-corrected chi connectivity index (χ3v) is 4.77. The topological polar surface area (TPSA) is 56.4 Å². The summed E-state index contributed by atoms with van der Waals surface area (Å²) in [5.41, 5.74) is 5.27. The first-order valence-corrected chi connectivity index (χ1v) is 9.05. The minimum Gasteiger partial charge on any atom is -0.493 e. The quantitative estimate of drug-likeness (QED) is 0.524. The molecule has 0 aliphatic carbocycles. The summed E-state index contributed by atoms with van der Waals surface area (Å²) in [6.07, 6.45) is 0.831. The van der Waals surface area contributed by atoms with Crippen molar-refractivity contribution < 1.29 is 14.2 Å². The lowest BCUT2D eigenvalue weighted by Gasteiger charge is -2.13. The van der Waals surface area contributed by atoms with Crippen LogP contribution in [-0.2, 0) is 6.42 Å². The predicted octanol–water partition coefficient (Wildman–Crippen LogP) is 4.85. The molecule has 0 unspecified atom stereocenters. The molecule has 142 valence electrons. The van der Waals surface area contributed by atoms with Crippen molar-refractivity contribution in [1.82, 2.24) is 9.97 Å². The molecule has 0 atom stereocenters. The number of imidazole rings is 1. The molecule has 0 fully saturated rings. The molecular weight excluding hydrogens is 352 g/mol. The molecule has 5 heteroatoms. The Morgan fingerprint density at radius 1 is 0.821 bits per heavy atom. The van der Waals surface area contributed by atoms with Gasteiger partial charge in [-0.25, -0.2) is 4.98 Å². The molecule has 0 aliphatic heterocycles. The van der Waals surface area contributed by atoms with Crippen LogP contribution in [0, 0.1) is 0 Å². The molecule has 0 aliphatic rings. The number of fused-ring (bicyclic) bond motifs is 1. The highest BCUT2D eigenvalue weighted by Crippen LogP contribution is 2.41. The zero-order valence-corrected chi connectivity index (χ0v) is 16.2. The van der Waals surface area contributed by atoms with Crippen molar-refractivity contribution in [3.63, 3.8) is 0 Å². The minimum absolute atomic E-state index is 0.564. The molecule has 1 aromatic heterocycles. The first-order valence-electron chi connectivity index (χ1n) is 9.05. The Hall–Kier alpha value is -3.47. The summed E-state index contributed by atoms with van der Waals surface area (Å²) in [4.78, 5) is 8.29. The molecule has 0 saturated carbocycles. The number of hydrogen-bond donors (Lipinski definition) is 1. The molecular formula is C23H22N2O3. The molecule has 0 amide bonds. The second-order valence-electron chi connectivity index (χ2n) is 6.48. The second kappa shape index (κ2) is 7.64. The van der Waals surface area contributed by atoms with Gasteiger partial charge in [0.1, 0.15) is 5.82 Å². The van der Waals surface area contributed by atoms with Gasteiger partial charge >= 0.3 is 0 Å². The van der Waals surface area contributed by atoms with Crippen molar-refractivity contribution in [2.75, 3.05) is 21.3 Å². The van der Waals surface area contributed by atoms with Crippen LogP contribution in [0.3, 0.4) is 0 Å². The number of hydrogen-bond acceptors (Lipinski definition) is 4. The summed E-state index contributed by atoms with van der Waals surface area (Å²) in [6, 6.07) is 20.4. The third kappa shape index (κ3) is 3.27. The number of H-pyrrole nitrogens is 1. The van der Waals surface area contributed by atoms with Crippen LogP contribution in [0.25, 0.3) is 22.4 Å². The molecule has 4 rings (SSSR count). The van der Waals surface area contributed by atoms with Gasteiger partial charge in [0.15, 0.2) is 11.5 Å². The number of ether oxygens (including phenoxy) is 3. The van der Waals surface area contributed by atoms with Gasteiger partial charge in [0, 0.05) is 5.56 Å². The molecule has 28 heavy (non-hydrogen) atoms. The summed E-state index contributed by atoms with van der Waals surface area (Å²) < 4.78 is 16.4. The number of nitrogens with zero attached hydrogens (tertiary/aromatic N) is 1. The Bertz CT molecular complexity index is 1080. The van der Waals surface area contributed by atoms with Gasteiger partial charge in [-0.3, -0.25) is 0 Å². The number of aromatic amines is 1. The van der Waals surface area contributed by atoms with E-state index in [1.807, 2.05) is 24.3 Å². The Morgan fingerprint density at radius 3 is 2.18 bits per heavy atom. The van der Waals surface area contributed by atoms with Crippen molar-refractivity contribution in [2.24, 2.45) is 0 Å². The monoisotopic (exact) mass is 374 g/mol. The van der Waals surface area contributed by atoms with Gasteiger partial charge < -0.3 is 19.2 Å². The van der Waals surface area contributed by atoms with Crippen LogP contribution in [0.1, 0.15) is 11.1 Å². The van der Waals surface area contributed by atoms with Crippen molar-refractivity contribution in [3.8, 4) is 28.6 Å². The van der Waals surface area contributed by atoms with E-state index in [4.69, 9.17) is 19.2 Å². The Morgan fingerprint density at radius 2 is 1.54 bits per heavy atom. The normalized spacial score (nSPS) is 10.8. The first-order chi connectivity index (χ1) is 13.7. The molecule has 1 heterocycles. The van der Waals surface area contributed by atoms with Gasteiger partial charge in [0.25, 0.3) is 0 Å². The Balaban J connectivity index is 1.79. The van der Waals surface area contributed by atoms with Crippen LogP contribution in [-0.4, -0.2) is 31.3 Å². The third-order valence-electron chi connectivity index (χ3n) is 4.77. The van der Waals surface area contributed by atoms with Gasteiger partial charge in [-0.1, -0.05) is 42.5 Å². The van der Waals surface area contributed by atoms with Crippen LogP contribution >= 0.6 is 0 Å². The van der Waals surface area contributed by atoms with E-state index in [9.17, 15) is 0 Å². The highest BCUT2D eigenvalue weighted by Gasteiger charge is 2.16. The maximum absolute atomic E-state index is 5.47. The second-order valence-corrected chi connectivity index (χ2v) is 6.48. The smallest absolute Gasteiger partial charge is 0.203 e. The maximum atomic E-state index is 5.47. The van der Waals surface area contributed by atoms with E-state index < -0.39 is 0 Å². The molecule has 5 nitrogen and oxygen atoms in total. The van der Waals surface area contributed by atoms with Crippen LogP contribution in [0.4, 0.5) is 0 Å². The van der Waals surface area contributed by atoms with Crippen LogP contribution in [0.5, 0.6) is 17.2 Å². The number of rotatable bonds is 6. The number of benzene rings is 3. The number of para-hydroxylation sites is 1. The number of methoxy groups -OCH3 is 3. The van der Waals surface area contributed by atoms with Gasteiger partial charge in [0.2, 0.25) is 5.75 Å². The molecule has 0 radical (unpaired) electrons. The van der Waals surface area contributed by atoms with Crippen molar-refractivity contribution in [3.05, 3.63) is 71.8 Å². The van der Waals surface area contributed by atoms with Crippen molar-refractivity contribution in [2.45, 2.75) is 6.42 Å². The van der Waals surface area contributed by atoms with E-state index in [1.54, 1.807) is 21.3 Å². The van der Waals surface area contributed by atoms with Gasteiger partial charge in [0.05, 0.1) is 32.4 Å². The van der Waals surface area contributed by atoms with Gasteiger partial charge in [-0.05, 0) is 35.7 Å². The van der Waals surface area contributed by atoms with E-state index in [1.165, 1.54) is 11.1 Å². The fraction of sp³-hybridized carbons (Fsp3) is 0.174. The maximum Gasteiger partial charge on any atom is 0.203 e. The van der Waals surface area contributed by atoms with E-state index >= 15 is 0 Å². The van der Waals surface area contributed by atoms with Crippen molar-refractivity contribution >= 4 is 11.0 Å². The Kier molecular flexibility index (Phi) is 4.89. The lowest BCUT2D eigenvalue weighted by atomic mass is 10.0. The van der Waals surface area contributed by atoms with E-state index in [2.05, 4.69) is 41.4 Å². The fourth-order valence-corrected chi connectivity index (χ4v) is 3.40. The average molecular weight is 374 g/mol. The Labute approximate surface area is 163 Å². The summed E-state index contributed by atoms with van der Waals surface area (Å²) in [7, 11) is 4.81. The summed E-state index contributed by atoms with van der Waals surface area (Å²) in [5, 5.41) is 0. The largest absolute Gasteiger partial charge is 0.493 e. The standard InChI is InChI=1S/C23H22N2O3/c1-26-19-13-17(14-20(27-2)22(19)28-3)23-24-18-11-7-10-16(21(18)25-23)12-15-8-5-4-6-9-15/h4-11,13-14H,12H2,1-3H3,(H,24,25). The highest BCUT2D eigenvalue weighted by atomic mass is 16.5. The summed E-state index contributed by atoms with van der Waals surface area (Å²) in [6.45, 7) is 0. The molecule has 1 N–H and O–H groups in total. The van der Waals surface area contributed by atoms with Gasteiger partial charge in [-0.2, -0.15) is 0 Å². The average Bonchev–Trinajstić information content (AvgIpc) is 3.19. The molecule has 0 spiro atoms. The molecule has 3 aromatic carbocycles. The van der Waals surface area contributed by atoms with Crippen LogP contribution in [0.2, 0.25) is 0 Å². The van der Waals surface area contributed by atoms with E-state index in [-0.39, 0.29) is 0 Å². The number of nitrogens with one attached hydrogen (secondary N) is 1. The van der Waals surface area contributed by atoms with E-state index in [0.717, 1.165) is 28.8 Å². The summed E-state index contributed by atoms with van der Waals surface area (Å²) in [5.74, 6) is 2.52.